The fraction of sp³-hybridized carbons (Fsp3) is 0.263. The number of hydrogen-bond donors (Lipinski definition) is 2. The second-order valence-corrected chi connectivity index (χ2v) is 5.49. The minimum atomic E-state index is -0.157. The summed E-state index contributed by atoms with van der Waals surface area (Å²) in [6.45, 7) is 3.54. The molecule has 2 N–H and O–H groups in total. The predicted octanol–water partition coefficient (Wildman–Crippen LogP) is 3.92. The first-order valence-corrected chi connectivity index (χ1v) is 7.83. The van der Waals surface area contributed by atoms with Crippen molar-refractivity contribution >= 4 is 17.5 Å². The molecule has 2 amide bonds. The minimum Gasteiger partial charge on any atom is -0.345 e. The average molecular weight is 310 g/mol. The highest BCUT2D eigenvalue weighted by molar-refractivity contribution is 5.97. The number of rotatable bonds is 6. The second-order valence-electron chi connectivity index (χ2n) is 5.49. The highest BCUT2D eigenvalue weighted by Gasteiger charge is 2.15. The van der Waals surface area contributed by atoms with Crippen LogP contribution in [0.3, 0.4) is 0 Å². The van der Waals surface area contributed by atoms with Crippen molar-refractivity contribution in [3.05, 3.63) is 65.7 Å². The Morgan fingerprint density at radius 1 is 1.04 bits per heavy atom. The second kappa shape index (κ2) is 8.13. The topological polar surface area (TPSA) is 58.2 Å². The molecule has 0 aromatic heterocycles. The third-order valence-electron chi connectivity index (χ3n) is 3.53. The van der Waals surface area contributed by atoms with Gasteiger partial charge in [-0.1, -0.05) is 49.7 Å². The number of nitrogens with one attached hydrogen (secondary N) is 2. The number of benzene rings is 2. The van der Waals surface area contributed by atoms with E-state index in [9.17, 15) is 9.59 Å². The van der Waals surface area contributed by atoms with Gasteiger partial charge >= 0.3 is 0 Å². The van der Waals surface area contributed by atoms with Crippen molar-refractivity contribution in [2.45, 2.75) is 32.7 Å². The van der Waals surface area contributed by atoms with Crippen LogP contribution in [0.5, 0.6) is 0 Å². The first kappa shape index (κ1) is 16.7. The highest BCUT2D eigenvalue weighted by Crippen LogP contribution is 2.19. The molecular formula is C19H22N2O2. The summed E-state index contributed by atoms with van der Waals surface area (Å²) in [5.41, 5.74) is 2.26. The Hall–Kier alpha value is -2.62. The van der Waals surface area contributed by atoms with Crippen LogP contribution in [-0.2, 0) is 4.79 Å². The zero-order chi connectivity index (χ0) is 16.7. The van der Waals surface area contributed by atoms with Gasteiger partial charge in [0, 0.05) is 18.2 Å². The lowest BCUT2D eigenvalue weighted by Crippen LogP contribution is -2.28. The van der Waals surface area contributed by atoms with Crippen LogP contribution in [0.15, 0.2) is 54.6 Å². The first-order chi connectivity index (χ1) is 11.1. The molecule has 2 aromatic carbocycles. The van der Waals surface area contributed by atoms with Crippen molar-refractivity contribution in [1.29, 1.82) is 0 Å². The Labute approximate surface area is 136 Å². The van der Waals surface area contributed by atoms with Gasteiger partial charge in [-0.25, -0.2) is 0 Å². The van der Waals surface area contributed by atoms with Gasteiger partial charge in [0.15, 0.2) is 0 Å². The molecule has 120 valence electrons. The molecule has 0 heterocycles. The lowest BCUT2D eigenvalue weighted by molar-refractivity contribution is -0.114. The summed E-state index contributed by atoms with van der Waals surface area (Å²) in [7, 11) is 0. The van der Waals surface area contributed by atoms with Crippen LogP contribution in [-0.4, -0.2) is 11.8 Å². The van der Waals surface area contributed by atoms with Crippen LogP contribution in [0.25, 0.3) is 0 Å². The van der Waals surface area contributed by atoms with Crippen LogP contribution in [0.1, 0.15) is 48.7 Å². The summed E-state index contributed by atoms with van der Waals surface area (Å²) in [4.78, 5) is 23.6. The fourth-order valence-electron chi connectivity index (χ4n) is 2.48. The summed E-state index contributed by atoms with van der Waals surface area (Å²) in [5.74, 6) is -0.296. The van der Waals surface area contributed by atoms with Crippen molar-refractivity contribution in [3.8, 4) is 0 Å². The Morgan fingerprint density at radius 3 is 2.43 bits per heavy atom. The van der Waals surface area contributed by atoms with E-state index in [0.29, 0.717) is 11.3 Å². The van der Waals surface area contributed by atoms with Gasteiger partial charge < -0.3 is 10.6 Å². The predicted molar refractivity (Wildman–Crippen MR) is 92.3 cm³/mol. The van der Waals surface area contributed by atoms with E-state index in [-0.39, 0.29) is 17.9 Å². The molecule has 0 saturated heterocycles. The molecule has 0 radical (unpaired) electrons. The molecule has 4 heteroatoms. The first-order valence-electron chi connectivity index (χ1n) is 7.83. The smallest absolute Gasteiger partial charge is 0.251 e. The highest BCUT2D eigenvalue weighted by atomic mass is 16.2. The van der Waals surface area contributed by atoms with Crippen molar-refractivity contribution in [2.24, 2.45) is 0 Å². The van der Waals surface area contributed by atoms with Gasteiger partial charge in [-0.3, -0.25) is 9.59 Å². The molecule has 4 nitrogen and oxygen atoms in total. The van der Waals surface area contributed by atoms with Gasteiger partial charge in [0.1, 0.15) is 0 Å². The molecule has 1 unspecified atom stereocenters. The Kier molecular flexibility index (Phi) is 5.92. The van der Waals surface area contributed by atoms with Crippen molar-refractivity contribution < 1.29 is 9.59 Å². The third kappa shape index (κ3) is 4.95. The molecule has 2 rings (SSSR count). The summed E-state index contributed by atoms with van der Waals surface area (Å²) in [6.07, 6.45) is 1.85. The van der Waals surface area contributed by atoms with Crippen molar-refractivity contribution in [1.82, 2.24) is 5.32 Å². The van der Waals surface area contributed by atoms with E-state index >= 15 is 0 Å². The summed E-state index contributed by atoms with van der Waals surface area (Å²) in [6, 6.07) is 16.9. The van der Waals surface area contributed by atoms with Crippen molar-refractivity contribution in [2.75, 3.05) is 5.32 Å². The van der Waals surface area contributed by atoms with E-state index in [1.165, 1.54) is 6.92 Å². The van der Waals surface area contributed by atoms with Crippen LogP contribution < -0.4 is 10.6 Å². The quantitative estimate of drug-likeness (QED) is 0.849. The van der Waals surface area contributed by atoms with E-state index in [2.05, 4.69) is 17.6 Å². The lowest BCUT2D eigenvalue weighted by atomic mass is 10.0. The van der Waals surface area contributed by atoms with Crippen LogP contribution >= 0.6 is 0 Å². The molecule has 0 saturated carbocycles. The number of carbonyl (C=O) groups is 2. The maximum atomic E-state index is 12.5. The number of amides is 2. The molecule has 0 aliphatic carbocycles. The number of anilines is 1. The minimum absolute atomic E-state index is 0.0156. The summed E-state index contributed by atoms with van der Waals surface area (Å²) >= 11 is 0. The molecule has 0 bridgehead atoms. The van der Waals surface area contributed by atoms with Gasteiger partial charge in [-0.2, -0.15) is 0 Å². The Bertz CT molecular complexity index is 668. The lowest BCUT2D eigenvalue weighted by Gasteiger charge is -2.19. The van der Waals surface area contributed by atoms with Gasteiger partial charge in [0.2, 0.25) is 5.91 Å². The van der Waals surface area contributed by atoms with E-state index in [1.54, 1.807) is 24.3 Å². The molecular weight excluding hydrogens is 288 g/mol. The summed E-state index contributed by atoms with van der Waals surface area (Å²) < 4.78 is 0. The summed E-state index contributed by atoms with van der Waals surface area (Å²) in [5, 5.41) is 5.77. The van der Waals surface area contributed by atoms with E-state index < -0.39 is 0 Å². The normalized spacial score (nSPS) is 11.6. The third-order valence-corrected chi connectivity index (χ3v) is 3.53. The zero-order valence-corrected chi connectivity index (χ0v) is 13.5. The number of carbonyl (C=O) groups excluding carboxylic acids is 2. The average Bonchev–Trinajstić information content (AvgIpc) is 2.55. The van der Waals surface area contributed by atoms with Gasteiger partial charge in [0.05, 0.1) is 6.04 Å². The monoisotopic (exact) mass is 310 g/mol. The molecule has 0 aliphatic heterocycles. The molecule has 2 aromatic rings. The van der Waals surface area contributed by atoms with Gasteiger partial charge in [0.25, 0.3) is 5.91 Å². The maximum absolute atomic E-state index is 12.5. The Morgan fingerprint density at radius 2 is 1.78 bits per heavy atom. The molecule has 0 fully saturated rings. The van der Waals surface area contributed by atoms with Gasteiger partial charge in [-0.15, -0.1) is 0 Å². The fourth-order valence-corrected chi connectivity index (χ4v) is 2.48. The van der Waals surface area contributed by atoms with E-state index in [0.717, 1.165) is 18.4 Å². The van der Waals surface area contributed by atoms with Crippen LogP contribution in [0.4, 0.5) is 5.69 Å². The Balaban J connectivity index is 2.14. The van der Waals surface area contributed by atoms with Gasteiger partial charge in [-0.05, 0) is 30.2 Å². The number of hydrogen-bond acceptors (Lipinski definition) is 2. The van der Waals surface area contributed by atoms with E-state index in [4.69, 9.17) is 0 Å². The molecule has 0 aliphatic rings. The van der Waals surface area contributed by atoms with E-state index in [1.807, 2.05) is 30.3 Å². The molecule has 1 atom stereocenters. The zero-order valence-electron chi connectivity index (χ0n) is 13.5. The maximum Gasteiger partial charge on any atom is 0.251 e. The SMILES string of the molecule is CCCC(NC(=O)c1cccc(NC(C)=O)c1)c1ccccc1. The van der Waals surface area contributed by atoms with Crippen molar-refractivity contribution in [3.63, 3.8) is 0 Å². The largest absolute Gasteiger partial charge is 0.345 e. The van der Waals surface area contributed by atoms with Crippen LogP contribution in [0.2, 0.25) is 0 Å². The molecule has 23 heavy (non-hydrogen) atoms. The van der Waals surface area contributed by atoms with Crippen LogP contribution in [0, 0.1) is 0 Å². The molecule has 0 spiro atoms. The standard InChI is InChI=1S/C19H22N2O2/c1-3-8-18(15-9-5-4-6-10-15)21-19(23)16-11-7-12-17(13-16)20-14(2)22/h4-7,9-13,18H,3,8H2,1-2H3,(H,20,22)(H,21,23).